The molecule has 0 atom stereocenters. The zero-order chi connectivity index (χ0) is 18.9. The van der Waals surface area contributed by atoms with Crippen LogP contribution in [0.1, 0.15) is 16.8 Å². The van der Waals surface area contributed by atoms with Crippen molar-refractivity contribution in [2.24, 2.45) is 0 Å². The fourth-order valence-electron chi connectivity index (χ4n) is 3.63. The fourth-order valence-corrected chi connectivity index (χ4v) is 3.63. The predicted octanol–water partition coefficient (Wildman–Crippen LogP) is 3.42. The van der Waals surface area contributed by atoms with Crippen LogP contribution < -0.4 is 10.6 Å². The number of hydrogen-bond donors (Lipinski definition) is 3. The monoisotopic (exact) mass is 374 g/mol. The molecule has 4 aromatic rings. The lowest BCUT2D eigenvalue weighted by Crippen LogP contribution is -2.10. The number of benzene rings is 1. The van der Waals surface area contributed by atoms with Gasteiger partial charge in [0.15, 0.2) is 5.82 Å². The molecule has 7 heteroatoms. The Morgan fingerprint density at radius 1 is 1.11 bits per heavy atom. The van der Waals surface area contributed by atoms with Gasteiger partial charge >= 0.3 is 0 Å². The first-order valence-corrected chi connectivity index (χ1v) is 9.28. The minimum atomic E-state index is -0.395. The maximum atomic E-state index is 13.6. The lowest BCUT2D eigenvalue weighted by molar-refractivity contribution is 0.622. The van der Waals surface area contributed by atoms with Crippen molar-refractivity contribution in [2.45, 2.75) is 19.5 Å². The van der Waals surface area contributed by atoms with Gasteiger partial charge in [-0.1, -0.05) is 18.2 Å². The highest BCUT2D eigenvalue weighted by Gasteiger charge is 2.20. The summed E-state index contributed by atoms with van der Waals surface area (Å²) in [6, 6.07) is 9.69. The van der Waals surface area contributed by atoms with Crippen LogP contribution in [0.15, 0.2) is 48.9 Å². The Morgan fingerprint density at radius 2 is 2.04 bits per heavy atom. The van der Waals surface area contributed by atoms with E-state index < -0.39 is 5.82 Å². The third-order valence-corrected chi connectivity index (χ3v) is 5.01. The largest absolute Gasteiger partial charge is 0.369 e. The van der Waals surface area contributed by atoms with Crippen molar-refractivity contribution >= 4 is 16.7 Å². The number of nitrogens with zero attached hydrogens (tertiary/aromatic N) is 3. The summed E-state index contributed by atoms with van der Waals surface area (Å²) in [6.07, 6.45) is 5.69. The molecule has 0 saturated carbocycles. The number of hydrogen-bond acceptors (Lipinski definition) is 5. The zero-order valence-electron chi connectivity index (χ0n) is 15.2. The number of anilines is 1. The number of aromatic amines is 1. The molecular weight excluding hydrogens is 355 g/mol. The number of fused-ring (bicyclic) bond motifs is 2. The minimum absolute atomic E-state index is 0.395. The summed E-state index contributed by atoms with van der Waals surface area (Å²) in [4.78, 5) is 16.5. The second kappa shape index (κ2) is 7.01. The van der Waals surface area contributed by atoms with E-state index >= 15 is 0 Å². The summed E-state index contributed by atoms with van der Waals surface area (Å²) in [7, 11) is 0. The molecule has 0 saturated heterocycles. The molecule has 140 valence electrons. The maximum absolute atomic E-state index is 13.6. The smallest absolute Gasteiger partial charge is 0.163 e. The first-order valence-electron chi connectivity index (χ1n) is 9.28. The highest BCUT2D eigenvalue weighted by molar-refractivity contribution is 5.83. The Kier molecular flexibility index (Phi) is 4.21. The van der Waals surface area contributed by atoms with Gasteiger partial charge in [-0.15, -0.1) is 0 Å². The van der Waals surface area contributed by atoms with E-state index in [2.05, 4.69) is 55.0 Å². The van der Waals surface area contributed by atoms with Gasteiger partial charge in [0, 0.05) is 54.1 Å². The Hall–Kier alpha value is -3.32. The second-order valence-electron chi connectivity index (χ2n) is 6.85. The van der Waals surface area contributed by atoms with Crippen LogP contribution in [-0.4, -0.2) is 26.5 Å². The fraction of sp³-hybridized carbons (Fsp3) is 0.190. The average molecular weight is 374 g/mol. The van der Waals surface area contributed by atoms with E-state index in [-0.39, 0.29) is 0 Å². The summed E-state index contributed by atoms with van der Waals surface area (Å²) >= 11 is 0. The molecule has 1 aliphatic rings. The molecular formula is C21H19FN6. The van der Waals surface area contributed by atoms with Crippen LogP contribution in [0.25, 0.3) is 22.3 Å². The van der Waals surface area contributed by atoms with Crippen LogP contribution in [0.5, 0.6) is 0 Å². The third kappa shape index (κ3) is 3.10. The standard InChI is InChI=1S/C21H19FN6/c22-15-7-14(8-23-10-15)20-27-19-12-24-11-17(19)21(28-20)25-6-5-13-9-26-18-4-2-1-3-16(13)18/h1-4,7-10,24,26H,5-6,11-12H2,(H,25,27,28). The van der Waals surface area contributed by atoms with E-state index in [4.69, 9.17) is 0 Å². The van der Waals surface area contributed by atoms with Gasteiger partial charge in [-0.2, -0.15) is 0 Å². The predicted molar refractivity (Wildman–Crippen MR) is 106 cm³/mol. The molecule has 0 spiro atoms. The van der Waals surface area contributed by atoms with E-state index in [0.29, 0.717) is 17.9 Å². The quantitative estimate of drug-likeness (QED) is 0.499. The lowest BCUT2D eigenvalue weighted by Gasteiger charge is -2.12. The Labute approximate surface area is 161 Å². The van der Waals surface area contributed by atoms with Crippen molar-refractivity contribution < 1.29 is 4.39 Å². The number of H-pyrrole nitrogens is 1. The van der Waals surface area contributed by atoms with Crippen molar-refractivity contribution in [3.8, 4) is 11.4 Å². The molecule has 0 unspecified atom stereocenters. The number of rotatable bonds is 5. The van der Waals surface area contributed by atoms with E-state index in [0.717, 1.165) is 42.1 Å². The van der Waals surface area contributed by atoms with Gasteiger partial charge in [0.05, 0.1) is 11.9 Å². The zero-order valence-corrected chi connectivity index (χ0v) is 15.2. The topological polar surface area (TPSA) is 78.5 Å². The molecule has 5 rings (SSSR count). The van der Waals surface area contributed by atoms with Gasteiger partial charge in [0.2, 0.25) is 0 Å². The first-order chi connectivity index (χ1) is 13.8. The summed E-state index contributed by atoms with van der Waals surface area (Å²) in [5.41, 5.74) is 5.01. The lowest BCUT2D eigenvalue weighted by atomic mass is 10.1. The van der Waals surface area contributed by atoms with Crippen LogP contribution in [0, 0.1) is 5.82 Å². The normalized spacial score (nSPS) is 13.0. The molecule has 0 amide bonds. The van der Waals surface area contributed by atoms with Gasteiger partial charge in [-0.25, -0.2) is 14.4 Å². The van der Waals surface area contributed by atoms with E-state index in [9.17, 15) is 4.39 Å². The first kappa shape index (κ1) is 16.8. The molecule has 0 fully saturated rings. The second-order valence-corrected chi connectivity index (χ2v) is 6.85. The molecule has 0 radical (unpaired) electrons. The molecule has 6 nitrogen and oxygen atoms in total. The molecule has 3 aromatic heterocycles. The van der Waals surface area contributed by atoms with Gasteiger partial charge in [-0.05, 0) is 24.1 Å². The number of para-hydroxylation sites is 1. The SMILES string of the molecule is Fc1cncc(-c2nc3c(c(NCCc4c[nH]c5ccccc45)n2)CNC3)c1. The Morgan fingerprint density at radius 3 is 2.96 bits per heavy atom. The molecule has 1 aromatic carbocycles. The van der Waals surface area contributed by atoms with Gasteiger partial charge in [0.25, 0.3) is 0 Å². The highest BCUT2D eigenvalue weighted by atomic mass is 19.1. The molecule has 1 aliphatic heterocycles. The van der Waals surface area contributed by atoms with E-state index in [1.165, 1.54) is 23.2 Å². The molecule has 0 bridgehead atoms. The number of halogens is 1. The Bertz CT molecular complexity index is 1150. The van der Waals surface area contributed by atoms with Crippen LogP contribution in [0.3, 0.4) is 0 Å². The number of aromatic nitrogens is 4. The van der Waals surface area contributed by atoms with E-state index in [1.54, 1.807) is 6.20 Å². The summed E-state index contributed by atoms with van der Waals surface area (Å²) < 4.78 is 13.6. The van der Waals surface area contributed by atoms with Gasteiger partial charge in [0.1, 0.15) is 11.6 Å². The molecule has 4 heterocycles. The van der Waals surface area contributed by atoms with Crippen molar-refractivity contribution in [2.75, 3.05) is 11.9 Å². The third-order valence-electron chi connectivity index (χ3n) is 5.01. The van der Waals surface area contributed by atoms with Gasteiger partial charge in [-0.3, -0.25) is 4.98 Å². The van der Waals surface area contributed by atoms with Gasteiger partial charge < -0.3 is 15.6 Å². The van der Waals surface area contributed by atoms with Crippen molar-refractivity contribution in [3.05, 3.63) is 71.6 Å². The van der Waals surface area contributed by atoms with Crippen LogP contribution in [-0.2, 0) is 19.5 Å². The Balaban J connectivity index is 1.40. The molecule has 28 heavy (non-hydrogen) atoms. The average Bonchev–Trinajstić information content (AvgIpc) is 3.35. The maximum Gasteiger partial charge on any atom is 0.163 e. The summed E-state index contributed by atoms with van der Waals surface area (Å²) in [5, 5.41) is 8.00. The number of pyridine rings is 1. The van der Waals surface area contributed by atoms with Crippen molar-refractivity contribution in [3.63, 3.8) is 0 Å². The van der Waals surface area contributed by atoms with Crippen LogP contribution in [0.4, 0.5) is 10.2 Å². The highest BCUT2D eigenvalue weighted by Crippen LogP contribution is 2.26. The van der Waals surface area contributed by atoms with E-state index in [1.807, 2.05) is 6.07 Å². The molecule has 3 N–H and O–H groups in total. The van der Waals surface area contributed by atoms with Crippen LogP contribution >= 0.6 is 0 Å². The summed E-state index contributed by atoms with van der Waals surface area (Å²) in [5.74, 6) is 0.895. The van der Waals surface area contributed by atoms with Crippen molar-refractivity contribution in [1.29, 1.82) is 0 Å². The summed E-state index contributed by atoms with van der Waals surface area (Å²) in [6.45, 7) is 2.16. The van der Waals surface area contributed by atoms with Crippen molar-refractivity contribution in [1.82, 2.24) is 25.3 Å². The van der Waals surface area contributed by atoms with Crippen LogP contribution in [0.2, 0.25) is 0 Å². The minimum Gasteiger partial charge on any atom is -0.369 e. The molecule has 0 aliphatic carbocycles. The number of nitrogens with one attached hydrogen (secondary N) is 3.